The fourth-order valence-corrected chi connectivity index (χ4v) is 3.41. The minimum Gasteiger partial charge on any atom is -0.502 e. The molecule has 2 rings (SSSR count). The average molecular weight is 273 g/mol. The van der Waals surface area contributed by atoms with Gasteiger partial charge in [0.2, 0.25) is 0 Å². The molecule has 1 aliphatic heterocycles. The molecule has 3 atom stereocenters. The zero-order valence-corrected chi connectivity index (χ0v) is 13.0. The van der Waals surface area contributed by atoms with Gasteiger partial charge in [0.1, 0.15) is 0 Å². The number of ether oxygens (including phenoxy) is 1. The second kappa shape index (κ2) is 6.94. The molecule has 0 amide bonds. The van der Waals surface area contributed by atoms with E-state index in [4.69, 9.17) is 4.74 Å². The molecular formula is C18H27NO. The van der Waals surface area contributed by atoms with Gasteiger partial charge < -0.3 is 4.74 Å². The van der Waals surface area contributed by atoms with Crippen LogP contribution in [0.2, 0.25) is 0 Å². The molecule has 110 valence electrons. The van der Waals surface area contributed by atoms with Gasteiger partial charge in [0.25, 0.3) is 0 Å². The van der Waals surface area contributed by atoms with E-state index in [2.05, 4.69) is 55.7 Å². The topological polar surface area (TPSA) is 12.5 Å². The van der Waals surface area contributed by atoms with Crippen molar-refractivity contribution in [3.8, 4) is 0 Å². The van der Waals surface area contributed by atoms with E-state index in [1.54, 1.807) is 7.11 Å². The Bertz CT molecular complexity index is 428. The molecular weight excluding hydrogens is 246 g/mol. The first-order valence-corrected chi connectivity index (χ1v) is 7.60. The molecule has 0 spiro atoms. The summed E-state index contributed by atoms with van der Waals surface area (Å²) in [7, 11) is 1.72. The van der Waals surface area contributed by atoms with Gasteiger partial charge in [-0.2, -0.15) is 0 Å². The Morgan fingerprint density at radius 3 is 2.65 bits per heavy atom. The highest BCUT2D eigenvalue weighted by Crippen LogP contribution is 2.31. The van der Waals surface area contributed by atoms with Crippen LogP contribution in [-0.4, -0.2) is 24.6 Å². The predicted octanol–water partition coefficient (Wildman–Crippen LogP) is 4.08. The molecule has 1 aromatic rings. The summed E-state index contributed by atoms with van der Waals surface area (Å²) >= 11 is 0. The maximum atomic E-state index is 5.31. The summed E-state index contributed by atoms with van der Waals surface area (Å²) in [6.45, 7) is 10.9. The van der Waals surface area contributed by atoms with Crippen molar-refractivity contribution in [2.24, 2.45) is 11.8 Å². The molecule has 1 fully saturated rings. The maximum absolute atomic E-state index is 5.31. The van der Waals surface area contributed by atoms with Gasteiger partial charge in [-0.1, -0.05) is 50.8 Å². The molecule has 0 saturated carbocycles. The number of rotatable bonds is 5. The fourth-order valence-electron chi connectivity index (χ4n) is 3.41. The number of piperidine rings is 1. The highest BCUT2D eigenvalue weighted by molar-refractivity contribution is 5.15. The predicted molar refractivity (Wildman–Crippen MR) is 84.4 cm³/mol. The van der Waals surface area contributed by atoms with Crippen molar-refractivity contribution < 1.29 is 4.74 Å². The van der Waals surface area contributed by atoms with E-state index >= 15 is 0 Å². The summed E-state index contributed by atoms with van der Waals surface area (Å²) in [4.78, 5) is 2.61. The van der Waals surface area contributed by atoms with Crippen LogP contribution >= 0.6 is 0 Å². The summed E-state index contributed by atoms with van der Waals surface area (Å²) < 4.78 is 5.31. The molecule has 2 nitrogen and oxygen atoms in total. The summed E-state index contributed by atoms with van der Waals surface area (Å²) in [5.41, 5.74) is 1.39. The Morgan fingerprint density at radius 2 is 2.00 bits per heavy atom. The van der Waals surface area contributed by atoms with Gasteiger partial charge in [0, 0.05) is 25.6 Å². The summed E-state index contributed by atoms with van der Waals surface area (Å²) in [5, 5.41) is 0. The number of hydrogen-bond donors (Lipinski definition) is 0. The lowest BCUT2D eigenvalue weighted by Crippen LogP contribution is -2.47. The maximum Gasteiger partial charge on any atom is 0.0899 e. The quantitative estimate of drug-likeness (QED) is 0.749. The second-order valence-electron chi connectivity index (χ2n) is 6.25. The molecule has 1 saturated heterocycles. The molecule has 1 aliphatic rings. The van der Waals surface area contributed by atoms with Gasteiger partial charge in [0.05, 0.1) is 12.9 Å². The van der Waals surface area contributed by atoms with Gasteiger partial charge in [-0.05, 0) is 23.8 Å². The van der Waals surface area contributed by atoms with Gasteiger partial charge in [-0.3, -0.25) is 4.90 Å². The molecule has 1 heterocycles. The van der Waals surface area contributed by atoms with Crippen molar-refractivity contribution in [2.45, 2.75) is 39.3 Å². The van der Waals surface area contributed by atoms with Crippen LogP contribution in [0.5, 0.6) is 0 Å². The van der Waals surface area contributed by atoms with Crippen LogP contribution in [0.3, 0.4) is 0 Å². The van der Waals surface area contributed by atoms with Crippen molar-refractivity contribution in [1.82, 2.24) is 4.90 Å². The lowest BCUT2D eigenvalue weighted by atomic mass is 9.83. The standard InChI is InChI=1S/C18H27NO/c1-14-10-15(2)18(11-16(3)20-4)19(12-14)13-17-8-6-5-7-9-17/h5-9,14-15,18H,3,10-13H2,1-2,4H3. The van der Waals surface area contributed by atoms with Crippen LogP contribution in [0.4, 0.5) is 0 Å². The van der Waals surface area contributed by atoms with E-state index < -0.39 is 0 Å². The highest BCUT2D eigenvalue weighted by Gasteiger charge is 2.32. The van der Waals surface area contributed by atoms with Crippen LogP contribution in [0.15, 0.2) is 42.7 Å². The van der Waals surface area contributed by atoms with E-state index in [9.17, 15) is 0 Å². The van der Waals surface area contributed by atoms with Crippen molar-refractivity contribution >= 4 is 0 Å². The Hall–Kier alpha value is -1.28. The fraction of sp³-hybridized carbons (Fsp3) is 0.556. The summed E-state index contributed by atoms with van der Waals surface area (Å²) in [6, 6.07) is 11.3. The molecule has 1 aromatic carbocycles. The molecule has 0 bridgehead atoms. The van der Waals surface area contributed by atoms with Crippen molar-refractivity contribution in [3.63, 3.8) is 0 Å². The van der Waals surface area contributed by atoms with Crippen LogP contribution in [0.1, 0.15) is 32.3 Å². The largest absolute Gasteiger partial charge is 0.502 e. The van der Waals surface area contributed by atoms with E-state index in [0.29, 0.717) is 12.0 Å². The number of methoxy groups -OCH3 is 1. The first-order chi connectivity index (χ1) is 9.60. The Balaban J connectivity index is 2.10. The Kier molecular flexibility index (Phi) is 5.24. The zero-order chi connectivity index (χ0) is 14.5. The summed E-state index contributed by atoms with van der Waals surface area (Å²) in [6.07, 6.45) is 2.24. The van der Waals surface area contributed by atoms with Gasteiger partial charge in [0.15, 0.2) is 0 Å². The van der Waals surface area contributed by atoms with E-state index in [0.717, 1.165) is 24.6 Å². The third-order valence-corrected chi connectivity index (χ3v) is 4.40. The van der Waals surface area contributed by atoms with Crippen molar-refractivity contribution in [1.29, 1.82) is 0 Å². The number of nitrogens with zero attached hydrogens (tertiary/aromatic N) is 1. The lowest BCUT2D eigenvalue weighted by Gasteiger charge is -2.43. The highest BCUT2D eigenvalue weighted by atomic mass is 16.5. The smallest absolute Gasteiger partial charge is 0.0899 e. The van der Waals surface area contributed by atoms with Gasteiger partial charge in [-0.25, -0.2) is 0 Å². The van der Waals surface area contributed by atoms with Crippen molar-refractivity contribution in [3.05, 3.63) is 48.2 Å². The Labute approximate surface area is 123 Å². The SMILES string of the molecule is C=C(CC1C(C)CC(C)CN1Cc1ccccc1)OC. The average Bonchev–Trinajstić information content (AvgIpc) is 2.43. The molecule has 20 heavy (non-hydrogen) atoms. The molecule has 0 aliphatic carbocycles. The minimum absolute atomic E-state index is 0.541. The molecule has 0 N–H and O–H groups in total. The minimum atomic E-state index is 0.541. The first-order valence-electron chi connectivity index (χ1n) is 7.60. The third-order valence-electron chi connectivity index (χ3n) is 4.40. The summed E-state index contributed by atoms with van der Waals surface area (Å²) in [5.74, 6) is 2.35. The lowest BCUT2D eigenvalue weighted by molar-refractivity contribution is 0.0529. The second-order valence-corrected chi connectivity index (χ2v) is 6.25. The monoisotopic (exact) mass is 273 g/mol. The van der Waals surface area contributed by atoms with Crippen LogP contribution < -0.4 is 0 Å². The molecule has 0 radical (unpaired) electrons. The molecule has 2 heteroatoms. The van der Waals surface area contributed by atoms with E-state index in [1.165, 1.54) is 18.5 Å². The number of benzene rings is 1. The number of likely N-dealkylation sites (tertiary alicyclic amines) is 1. The third kappa shape index (κ3) is 3.86. The molecule has 0 aromatic heterocycles. The first kappa shape index (κ1) is 15.1. The van der Waals surface area contributed by atoms with Gasteiger partial charge >= 0.3 is 0 Å². The van der Waals surface area contributed by atoms with Crippen LogP contribution in [0.25, 0.3) is 0 Å². The molecule has 3 unspecified atom stereocenters. The van der Waals surface area contributed by atoms with E-state index in [-0.39, 0.29) is 0 Å². The zero-order valence-electron chi connectivity index (χ0n) is 13.0. The van der Waals surface area contributed by atoms with Crippen LogP contribution in [-0.2, 0) is 11.3 Å². The number of hydrogen-bond acceptors (Lipinski definition) is 2. The normalized spacial score (nSPS) is 27.2. The Morgan fingerprint density at radius 1 is 1.30 bits per heavy atom. The van der Waals surface area contributed by atoms with Gasteiger partial charge in [-0.15, -0.1) is 0 Å². The van der Waals surface area contributed by atoms with E-state index in [1.807, 2.05) is 0 Å². The van der Waals surface area contributed by atoms with Crippen molar-refractivity contribution in [2.75, 3.05) is 13.7 Å². The van der Waals surface area contributed by atoms with Crippen LogP contribution in [0, 0.1) is 11.8 Å².